The summed E-state index contributed by atoms with van der Waals surface area (Å²) in [4.78, 5) is 0. The van der Waals surface area contributed by atoms with Gasteiger partial charge in [-0.1, -0.05) is 6.07 Å². The van der Waals surface area contributed by atoms with E-state index in [0.717, 1.165) is 5.52 Å². The first kappa shape index (κ1) is 6.97. The lowest BCUT2D eigenvalue weighted by molar-refractivity contribution is 0.397. The van der Waals surface area contributed by atoms with Gasteiger partial charge in [-0.05, 0) is 12.1 Å². The fourth-order valence-electron chi connectivity index (χ4n) is 1.15. The van der Waals surface area contributed by atoms with E-state index in [1.165, 1.54) is 0 Å². The summed E-state index contributed by atoms with van der Waals surface area (Å²) in [6.07, 6.45) is 1.83. The molecular formula is C8H9N3O. The maximum absolute atomic E-state index is 5.74. The van der Waals surface area contributed by atoms with Crippen LogP contribution in [0.4, 0.5) is 5.69 Å². The summed E-state index contributed by atoms with van der Waals surface area (Å²) in [5, 5.41) is 4.10. The number of nitrogen functional groups attached to an aromatic ring is 1. The largest absolute Gasteiger partial charge is 0.478 e. The van der Waals surface area contributed by atoms with Crippen LogP contribution in [-0.4, -0.2) is 16.7 Å². The van der Waals surface area contributed by atoms with Gasteiger partial charge in [-0.15, -0.1) is 5.10 Å². The SMILES string of the molecule is COc1nn2ccccc2c1N. The molecule has 0 fully saturated rings. The van der Waals surface area contributed by atoms with Crippen LogP contribution >= 0.6 is 0 Å². The van der Waals surface area contributed by atoms with E-state index in [9.17, 15) is 0 Å². The zero-order valence-electron chi connectivity index (χ0n) is 6.69. The minimum Gasteiger partial charge on any atom is -0.478 e. The van der Waals surface area contributed by atoms with E-state index in [4.69, 9.17) is 10.5 Å². The van der Waals surface area contributed by atoms with Crippen molar-refractivity contribution in [1.82, 2.24) is 9.61 Å². The monoisotopic (exact) mass is 163 g/mol. The quantitative estimate of drug-likeness (QED) is 0.680. The highest BCUT2D eigenvalue weighted by Gasteiger charge is 2.07. The van der Waals surface area contributed by atoms with Crippen LogP contribution in [0.3, 0.4) is 0 Å². The first-order valence-electron chi connectivity index (χ1n) is 3.60. The van der Waals surface area contributed by atoms with Gasteiger partial charge in [0.2, 0.25) is 0 Å². The second-order valence-electron chi connectivity index (χ2n) is 2.45. The van der Waals surface area contributed by atoms with Crippen LogP contribution in [-0.2, 0) is 0 Å². The van der Waals surface area contributed by atoms with Crippen molar-refractivity contribution in [2.45, 2.75) is 0 Å². The van der Waals surface area contributed by atoms with Gasteiger partial charge in [0.25, 0.3) is 5.88 Å². The van der Waals surface area contributed by atoms with Crippen molar-refractivity contribution in [3.63, 3.8) is 0 Å². The summed E-state index contributed by atoms with van der Waals surface area (Å²) < 4.78 is 6.66. The van der Waals surface area contributed by atoms with Gasteiger partial charge in [-0.2, -0.15) is 0 Å². The standard InChI is InChI=1S/C8H9N3O/c1-12-8-7(9)6-4-2-3-5-11(6)10-8/h2-5H,9H2,1H3. The highest BCUT2D eigenvalue weighted by atomic mass is 16.5. The maximum atomic E-state index is 5.74. The van der Waals surface area contributed by atoms with Crippen LogP contribution < -0.4 is 10.5 Å². The molecule has 2 rings (SSSR count). The predicted octanol–water partition coefficient (Wildman–Crippen LogP) is 0.925. The number of aromatic nitrogens is 2. The molecule has 0 saturated heterocycles. The Morgan fingerprint density at radius 2 is 2.33 bits per heavy atom. The second kappa shape index (κ2) is 2.41. The van der Waals surface area contributed by atoms with Gasteiger partial charge in [0, 0.05) is 6.20 Å². The normalized spacial score (nSPS) is 10.4. The number of anilines is 1. The third-order valence-electron chi connectivity index (χ3n) is 1.74. The van der Waals surface area contributed by atoms with Gasteiger partial charge >= 0.3 is 0 Å². The number of ether oxygens (including phenoxy) is 1. The average molecular weight is 163 g/mol. The van der Waals surface area contributed by atoms with E-state index in [2.05, 4.69) is 5.10 Å². The van der Waals surface area contributed by atoms with Crippen LogP contribution in [0.5, 0.6) is 5.88 Å². The lowest BCUT2D eigenvalue weighted by atomic mass is 10.4. The van der Waals surface area contributed by atoms with Crippen molar-refractivity contribution in [1.29, 1.82) is 0 Å². The molecular weight excluding hydrogens is 154 g/mol. The van der Waals surface area contributed by atoms with E-state index in [1.807, 2.05) is 24.4 Å². The first-order chi connectivity index (χ1) is 5.83. The smallest absolute Gasteiger partial charge is 0.257 e. The second-order valence-corrected chi connectivity index (χ2v) is 2.45. The summed E-state index contributed by atoms with van der Waals surface area (Å²) in [5.41, 5.74) is 7.19. The van der Waals surface area contributed by atoms with Gasteiger partial charge in [0.05, 0.1) is 12.6 Å². The molecule has 0 amide bonds. The van der Waals surface area contributed by atoms with Crippen molar-refractivity contribution in [3.8, 4) is 5.88 Å². The molecule has 2 aromatic heterocycles. The summed E-state index contributed by atoms with van der Waals surface area (Å²) in [6.45, 7) is 0. The summed E-state index contributed by atoms with van der Waals surface area (Å²) in [5.74, 6) is 0.473. The number of nitrogens with zero attached hydrogens (tertiary/aromatic N) is 2. The van der Waals surface area contributed by atoms with Gasteiger partial charge in [-0.3, -0.25) is 0 Å². The Bertz CT molecular complexity index is 408. The minimum absolute atomic E-state index is 0.473. The van der Waals surface area contributed by atoms with Crippen molar-refractivity contribution in [2.75, 3.05) is 12.8 Å². The Balaban J connectivity index is 2.78. The number of hydrogen-bond donors (Lipinski definition) is 1. The van der Waals surface area contributed by atoms with Crippen LogP contribution in [0.15, 0.2) is 24.4 Å². The Kier molecular flexibility index (Phi) is 1.40. The molecule has 2 N–H and O–H groups in total. The molecule has 0 radical (unpaired) electrons. The Morgan fingerprint density at radius 3 is 3.00 bits per heavy atom. The molecule has 0 aliphatic rings. The van der Waals surface area contributed by atoms with Crippen LogP contribution in [0.2, 0.25) is 0 Å². The van der Waals surface area contributed by atoms with Gasteiger partial charge < -0.3 is 10.5 Å². The molecule has 2 aromatic rings. The topological polar surface area (TPSA) is 52.5 Å². The Hall–Kier alpha value is -1.71. The maximum Gasteiger partial charge on any atom is 0.257 e. The van der Waals surface area contributed by atoms with E-state index >= 15 is 0 Å². The van der Waals surface area contributed by atoms with Gasteiger partial charge in [0.15, 0.2) is 0 Å². The number of fused-ring (bicyclic) bond motifs is 1. The molecule has 4 heteroatoms. The number of hydrogen-bond acceptors (Lipinski definition) is 3. The van der Waals surface area contributed by atoms with Crippen molar-refractivity contribution >= 4 is 11.2 Å². The summed E-state index contributed by atoms with van der Waals surface area (Å²) in [7, 11) is 1.55. The molecule has 0 unspecified atom stereocenters. The number of pyridine rings is 1. The van der Waals surface area contributed by atoms with Crippen LogP contribution in [0, 0.1) is 0 Å². The van der Waals surface area contributed by atoms with Crippen molar-refractivity contribution in [3.05, 3.63) is 24.4 Å². The fourth-order valence-corrected chi connectivity index (χ4v) is 1.15. The molecule has 0 aliphatic heterocycles. The van der Waals surface area contributed by atoms with Crippen molar-refractivity contribution in [2.24, 2.45) is 0 Å². The molecule has 0 bridgehead atoms. The summed E-state index contributed by atoms with van der Waals surface area (Å²) in [6, 6.07) is 5.69. The molecule has 0 spiro atoms. The van der Waals surface area contributed by atoms with Crippen LogP contribution in [0.25, 0.3) is 5.52 Å². The predicted molar refractivity (Wildman–Crippen MR) is 46.2 cm³/mol. The molecule has 0 saturated carbocycles. The lowest BCUT2D eigenvalue weighted by Crippen LogP contribution is -1.88. The Labute approximate surface area is 69.6 Å². The highest BCUT2D eigenvalue weighted by molar-refractivity contribution is 5.74. The Morgan fingerprint density at radius 1 is 1.50 bits per heavy atom. The van der Waals surface area contributed by atoms with Gasteiger partial charge in [0.1, 0.15) is 5.69 Å². The third-order valence-corrected chi connectivity index (χ3v) is 1.74. The number of rotatable bonds is 1. The molecule has 2 heterocycles. The molecule has 62 valence electrons. The first-order valence-corrected chi connectivity index (χ1v) is 3.60. The molecule has 0 aromatic carbocycles. The number of nitrogens with two attached hydrogens (primary N) is 1. The molecule has 12 heavy (non-hydrogen) atoms. The summed E-state index contributed by atoms with van der Waals surface area (Å²) >= 11 is 0. The lowest BCUT2D eigenvalue weighted by Gasteiger charge is -1.91. The fraction of sp³-hybridized carbons (Fsp3) is 0.125. The van der Waals surface area contributed by atoms with E-state index in [1.54, 1.807) is 11.6 Å². The molecule has 0 atom stereocenters. The van der Waals surface area contributed by atoms with E-state index in [0.29, 0.717) is 11.6 Å². The highest BCUT2D eigenvalue weighted by Crippen LogP contribution is 2.23. The average Bonchev–Trinajstić information content (AvgIpc) is 2.44. The van der Waals surface area contributed by atoms with Crippen molar-refractivity contribution < 1.29 is 4.74 Å². The van der Waals surface area contributed by atoms with E-state index in [-0.39, 0.29) is 0 Å². The molecule has 4 nitrogen and oxygen atoms in total. The van der Waals surface area contributed by atoms with Crippen LogP contribution in [0.1, 0.15) is 0 Å². The minimum atomic E-state index is 0.473. The molecule has 0 aliphatic carbocycles. The zero-order valence-corrected chi connectivity index (χ0v) is 6.69. The third kappa shape index (κ3) is 0.812. The van der Waals surface area contributed by atoms with E-state index < -0.39 is 0 Å². The van der Waals surface area contributed by atoms with Gasteiger partial charge in [-0.25, -0.2) is 4.52 Å². The number of methoxy groups -OCH3 is 1. The zero-order chi connectivity index (χ0) is 8.55.